The quantitative estimate of drug-likeness (QED) is 0.804. The number of carbonyl (C=O) groups is 1. The predicted octanol–water partition coefficient (Wildman–Crippen LogP) is 2.70. The lowest BCUT2D eigenvalue weighted by Gasteiger charge is -2.08. The van der Waals surface area contributed by atoms with Crippen molar-refractivity contribution in [3.63, 3.8) is 0 Å². The van der Waals surface area contributed by atoms with Crippen molar-refractivity contribution in [1.29, 1.82) is 0 Å². The van der Waals surface area contributed by atoms with E-state index in [1.165, 1.54) is 4.88 Å². The minimum atomic E-state index is -0.130. The molecular formula is C15H18N2O2S. The van der Waals surface area contributed by atoms with E-state index >= 15 is 0 Å². The molecular weight excluding hydrogens is 272 g/mol. The van der Waals surface area contributed by atoms with Crippen molar-refractivity contribution in [3.05, 3.63) is 46.2 Å². The number of benzene rings is 1. The lowest BCUT2D eigenvalue weighted by molar-refractivity contribution is 0.0954. The minimum absolute atomic E-state index is 0.130. The van der Waals surface area contributed by atoms with Gasteiger partial charge in [-0.05, 0) is 36.9 Å². The van der Waals surface area contributed by atoms with E-state index in [-0.39, 0.29) is 5.91 Å². The van der Waals surface area contributed by atoms with Gasteiger partial charge in [0.1, 0.15) is 5.75 Å². The van der Waals surface area contributed by atoms with Gasteiger partial charge >= 0.3 is 0 Å². The second-order valence-electron chi connectivity index (χ2n) is 4.31. The van der Waals surface area contributed by atoms with Crippen LogP contribution in [0.1, 0.15) is 22.2 Å². The number of nitrogen functional groups attached to an aromatic ring is 1. The fourth-order valence-electron chi connectivity index (χ4n) is 1.86. The molecule has 0 aliphatic rings. The first kappa shape index (κ1) is 14.4. The van der Waals surface area contributed by atoms with Crippen LogP contribution in [0.2, 0.25) is 0 Å². The van der Waals surface area contributed by atoms with Crippen LogP contribution < -0.4 is 15.8 Å². The zero-order valence-corrected chi connectivity index (χ0v) is 12.2. The Morgan fingerprint density at radius 2 is 2.25 bits per heavy atom. The number of rotatable bonds is 6. The zero-order valence-electron chi connectivity index (χ0n) is 11.4. The van der Waals surface area contributed by atoms with Gasteiger partial charge in [-0.25, -0.2) is 0 Å². The number of hydrogen-bond acceptors (Lipinski definition) is 4. The number of thiophene rings is 1. The molecule has 4 nitrogen and oxygen atoms in total. The summed E-state index contributed by atoms with van der Waals surface area (Å²) in [6.45, 7) is 3.05. The summed E-state index contributed by atoms with van der Waals surface area (Å²) in [5.74, 6) is 0.491. The summed E-state index contributed by atoms with van der Waals surface area (Å²) in [5, 5.41) is 4.92. The maximum absolute atomic E-state index is 12.1. The summed E-state index contributed by atoms with van der Waals surface area (Å²) < 4.78 is 5.38. The Hall–Kier alpha value is -2.01. The van der Waals surface area contributed by atoms with Gasteiger partial charge in [0.25, 0.3) is 5.91 Å². The predicted molar refractivity (Wildman–Crippen MR) is 82.4 cm³/mol. The molecule has 0 bridgehead atoms. The van der Waals surface area contributed by atoms with E-state index in [9.17, 15) is 4.79 Å². The lowest BCUT2D eigenvalue weighted by Crippen LogP contribution is -2.25. The van der Waals surface area contributed by atoms with E-state index in [4.69, 9.17) is 10.5 Å². The molecule has 1 aromatic heterocycles. The highest BCUT2D eigenvalue weighted by molar-refractivity contribution is 7.09. The summed E-state index contributed by atoms with van der Waals surface area (Å²) in [6, 6.07) is 9.15. The topological polar surface area (TPSA) is 64.3 Å². The normalized spacial score (nSPS) is 10.2. The van der Waals surface area contributed by atoms with E-state index in [1.807, 2.05) is 18.4 Å². The Morgan fingerprint density at radius 3 is 2.95 bits per heavy atom. The summed E-state index contributed by atoms with van der Waals surface area (Å²) in [6.07, 6.45) is 0.837. The Morgan fingerprint density at radius 1 is 1.40 bits per heavy atom. The van der Waals surface area contributed by atoms with Crippen LogP contribution in [0.15, 0.2) is 35.7 Å². The van der Waals surface area contributed by atoms with Gasteiger partial charge in [-0.2, -0.15) is 0 Å². The number of ether oxygens (including phenoxy) is 1. The van der Waals surface area contributed by atoms with Crippen molar-refractivity contribution in [2.75, 3.05) is 18.9 Å². The monoisotopic (exact) mass is 290 g/mol. The van der Waals surface area contributed by atoms with E-state index in [0.29, 0.717) is 30.2 Å². The number of anilines is 1. The molecule has 106 valence electrons. The third-order valence-corrected chi connectivity index (χ3v) is 3.68. The van der Waals surface area contributed by atoms with Gasteiger partial charge in [-0.15, -0.1) is 11.3 Å². The molecule has 0 spiro atoms. The first-order chi connectivity index (χ1) is 9.69. The molecule has 0 fully saturated rings. The minimum Gasteiger partial charge on any atom is -0.494 e. The van der Waals surface area contributed by atoms with Crippen LogP contribution in [0.3, 0.4) is 0 Å². The summed E-state index contributed by atoms with van der Waals surface area (Å²) in [7, 11) is 0. The molecule has 0 saturated carbocycles. The molecule has 0 unspecified atom stereocenters. The second kappa shape index (κ2) is 6.96. The van der Waals surface area contributed by atoms with Gasteiger partial charge in [0, 0.05) is 28.7 Å². The molecule has 2 rings (SSSR count). The van der Waals surface area contributed by atoms with E-state index < -0.39 is 0 Å². The molecule has 20 heavy (non-hydrogen) atoms. The third kappa shape index (κ3) is 3.99. The second-order valence-corrected chi connectivity index (χ2v) is 5.34. The molecule has 3 N–H and O–H groups in total. The largest absolute Gasteiger partial charge is 0.494 e. The smallest absolute Gasteiger partial charge is 0.251 e. The standard InChI is InChI=1S/C15H18N2O2S/c1-2-19-13-9-11(8-12(16)10-13)15(18)17-6-5-14-4-3-7-20-14/h3-4,7-10H,2,5-6,16H2,1H3,(H,17,18). The number of nitrogens with two attached hydrogens (primary N) is 1. The van der Waals surface area contributed by atoms with Crippen LogP contribution >= 0.6 is 11.3 Å². The number of amides is 1. The molecule has 2 aromatic rings. The Balaban J connectivity index is 1.94. The Bertz CT molecular complexity index is 567. The lowest BCUT2D eigenvalue weighted by atomic mass is 10.1. The summed E-state index contributed by atoms with van der Waals surface area (Å²) >= 11 is 1.69. The van der Waals surface area contributed by atoms with E-state index in [0.717, 1.165) is 6.42 Å². The number of nitrogens with one attached hydrogen (secondary N) is 1. The fraction of sp³-hybridized carbons (Fsp3) is 0.267. The van der Waals surface area contributed by atoms with Gasteiger partial charge in [0.2, 0.25) is 0 Å². The van der Waals surface area contributed by atoms with Crippen molar-refractivity contribution in [3.8, 4) is 5.75 Å². The van der Waals surface area contributed by atoms with Crippen LogP contribution in [-0.4, -0.2) is 19.1 Å². The van der Waals surface area contributed by atoms with Crippen molar-refractivity contribution >= 4 is 22.9 Å². The SMILES string of the molecule is CCOc1cc(N)cc(C(=O)NCCc2cccs2)c1. The van der Waals surface area contributed by atoms with Crippen LogP contribution in [0.25, 0.3) is 0 Å². The van der Waals surface area contributed by atoms with Crippen molar-refractivity contribution in [2.45, 2.75) is 13.3 Å². The molecule has 0 radical (unpaired) electrons. The first-order valence-electron chi connectivity index (χ1n) is 6.53. The van der Waals surface area contributed by atoms with Crippen LogP contribution in [0.4, 0.5) is 5.69 Å². The van der Waals surface area contributed by atoms with Crippen molar-refractivity contribution in [1.82, 2.24) is 5.32 Å². The van der Waals surface area contributed by atoms with Gasteiger partial charge in [0.15, 0.2) is 0 Å². The molecule has 1 heterocycles. The number of hydrogen-bond donors (Lipinski definition) is 2. The third-order valence-electron chi connectivity index (χ3n) is 2.74. The average Bonchev–Trinajstić information content (AvgIpc) is 2.91. The molecule has 0 aliphatic carbocycles. The average molecular weight is 290 g/mol. The maximum atomic E-state index is 12.1. The molecule has 0 saturated heterocycles. The van der Waals surface area contributed by atoms with Crippen LogP contribution in [-0.2, 0) is 6.42 Å². The van der Waals surface area contributed by atoms with Crippen LogP contribution in [0, 0.1) is 0 Å². The van der Waals surface area contributed by atoms with Gasteiger partial charge in [-0.1, -0.05) is 6.07 Å². The van der Waals surface area contributed by atoms with E-state index in [2.05, 4.69) is 11.4 Å². The highest BCUT2D eigenvalue weighted by atomic mass is 32.1. The number of carbonyl (C=O) groups excluding carboxylic acids is 1. The molecule has 1 amide bonds. The summed E-state index contributed by atoms with van der Waals surface area (Å²) in [5.41, 5.74) is 6.83. The van der Waals surface area contributed by atoms with E-state index in [1.54, 1.807) is 29.5 Å². The fourth-order valence-corrected chi connectivity index (χ4v) is 2.57. The van der Waals surface area contributed by atoms with Crippen molar-refractivity contribution in [2.24, 2.45) is 0 Å². The first-order valence-corrected chi connectivity index (χ1v) is 7.41. The highest BCUT2D eigenvalue weighted by Gasteiger charge is 2.08. The molecule has 1 aromatic carbocycles. The highest BCUT2D eigenvalue weighted by Crippen LogP contribution is 2.19. The Kier molecular flexibility index (Phi) is 5.01. The molecule has 0 aliphatic heterocycles. The van der Waals surface area contributed by atoms with Gasteiger partial charge < -0.3 is 15.8 Å². The Labute approximate surface area is 122 Å². The van der Waals surface area contributed by atoms with Crippen molar-refractivity contribution < 1.29 is 9.53 Å². The molecule has 5 heteroatoms. The zero-order chi connectivity index (χ0) is 14.4. The van der Waals surface area contributed by atoms with Crippen LogP contribution in [0.5, 0.6) is 5.75 Å². The van der Waals surface area contributed by atoms with Gasteiger partial charge in [-0.3, -0.25) is 4.79 Å². The maximum Gasteiger partial charge on any atom is 0.251 e. The van der Waals surface area contributed by atoms with Gasteiger partial charge in [0.05, 0.1) is 6.61 Å². The molecule has 0 atom stereocenters. The summed E-state index contributed by atoms with van der Waals surface area (Å²) in [4.78, 5) is 13.3.